The molecule has 0 radical (unpaired) electrons. The van der Waals surface area contributed by atoms with E-state index < -0.39 is 5.82 Å². The second kappa shape index (κ2) is 7.88. The molecule has 0 spiro atoms. The van der Waals surface area contributed by atoms with E-state index in [0.29, 0.717) is 11.4 Å². The van der Waals surface area contributed by atoms with Gasteiger partial charge in [-0.3, -0.25) is 9.79 Å². The molecule has 0 atom stereocenters. The van der Waals surface area contributed by atoms with Gasteiger partial charge in [0.05, 0.1) is 5.69 Å². The number of ether oxygens (including phenoxy) is 1. The fraction of sp³-hybridized carbons (Fsp3) is 0.316. The van der Waals surface area contributed by atoms with Crippen LogP contribution in [-0.2, 0) is 0 Å². The maximum atomic E-state index is 14.4. The predicted octanol–water partition coefficient (Wildman–Crippen LogP) is 4.41. The number of carbonyl (C=O) groups excluding carboxylic acids is 1. The fourth-order valence-corrected chi connectivity index (χ4v) is 2.77. The molecule has 1 heterocycles. The average molecular weight is 341 g/mol. The lowest BCUT2D eigenvalue weighted by Gasteiger charge is -2.13. The van der Waals surface area contributed by atoms with Gasteiger partial charge in [0.15, 0.2) is 17.3 Å². The van der Waals surface area contributed by atoms with E-state index in [1.54, 1.807) is 24.3 Å². The standard InChI is InChI=1S/C19H20FN3O2/c1-21-19(24)18-17(8-5-11-22-18)25-14-9-10-16(15(20)12-14)23-13-6-3-2-4-7-13/h5,8-12H,2-4,6-7H2,1H3,(H,21,24). The van der Waals surface area contributed by atoms with Crippen LogP contribution in [0.25, 0.3) is 0 Å². The number of benzene rings is 1. The van der Waals surface area contributed by atoms with Gasteiger partial charge in [0.25, 0.3) is 5.91 Å². The van der Waals surface area contributed by atoms with E-state index >= 15 is 0 Å². The summed E-state index contributed by atoms with van der Waals surface area (Å²) in [5.74, 6) is -0.242. The Kier molecular flexibility index (Phi) is 5.38. The predicted molar refractivity (Wildman–Crippen MR) is 94.3 cm³/mol. The second-order valence-corrected chi connectivity index (χ2v) is 5.88. The molecule has 0 aliphatic heterocycles. The fourth-order valence-electron chi connectivity index (χ4n) is 2.77. The topological polar surface area (TPSA) is 63.6 Å². The highest BCUT2D eigenvalue weighted by atomic mass is 19.1. The van der Waals surface area contributed by atoms with Crippen molar-refractivity contribution in [3.05, 3.63) is 48.0 Å². The normalized spacial score (nSPS) is 14.1. The Morgan fingerprint density at radius 2 is 2.04 bits per heavy atom. The highest BCUT2D eigenvalue weighted by molar-refractivity contribution is 5.94. The number of halogens is 1. The number of carbonyl (C=O) groups is 1. The number of rotatable bonds is 4. The molecule has 1 aromatic heterocycles. The molecular weight excluding hydrogens is 321 g/mol. The SMILES string of the molecule is CNC(=O)c1ncccc1Oc1ccc(N=C2CCCCC2)c(F)c1. The Hall–Kier alpha value is -2.76. The minimum atomic E-state index is -0.444. The van der Waals surface area contributed by atoms with Crippen molar-refractivity contribution in [2.75, 3.05) is 7.05 Å². The molecule has 0 saturated heterocycles. The van der Waals surface area contributed by atoms with Crippen LogP contribution in [0.3, 0.4) is 0 Å². The molecule has 1 aliphatic carbocycles. The summed E-state index contributed by atoms with van der Waals surface area (Å²) >= 11 is 0. The number of hydrogen-bond donors (Lipinski definition) is 1. The molecule has 2 aromatic rings. The Labute approximate surface area is 146 Å². The Morgan fingerprint density at radius 1 is 1.24 bits per heavy atom. The van der Waals surface area contributed by atoms with Crippen molar-refractivity contribution in [3.63, 3.8) is 0 Å². The van der Waals surface area contributed by atoms with Crippen molar-refractivity contribution in [2.45, 2.75) is 32.1 Å². The molecule has 1 fully saturated rings. The first-order valence-corrected chi connectivity index (χ1v) is 8.38. The minimum Gasteiger partial charge on any atom is -0.455 e. The Balaban J connectivity index is 1.81. The van der Waals surface area contributed by atoms with Crippen LogP contribution < -0.4 is 10.1 Å². The third kappa shape index (κ3) is 4.21. The van der Waals surface area contributed by atoms with Crippen molar-refractivity contribution >= 4 is 17.3 Å². The maximum absolute atomic E-state index is 14.4. The van der Waals surface area contributed by atoms with Crippen LogP contribution in [0.5, 0.6) is 11.5 Å². The molecule has 25 heavy (non-hydrogen) atoms. The van der Waals surface area contributed by atoms with Gasteiger partial charge in [-0.2, -0.15) is 0 Å². The van der Waals surface area contributed by atoms with Gasteiger partial charge < -0.3 is 10.1 Å². The molecule has 130 valence electrons. The third-order valence-electron chi connectivity index (χ3n) is 4.07. The molecule has 1 amide bonds. The van der Waals surface area contributed by atoms with Crippen molar-refractivity contribution in [1.29, 1.82) is 0 Å². The molecule has 1 aromatic carbocycles. The number of pyridine rings is 1. The molecule has 3 rings (SSSR count). The van der Waals surface area contributed by atoms with E-state index in [1.165, 1.54) is 25.7 Å². The van der Waals surface area contributed by atoms with E-state index in [4.69, 9.17) is 4.74 Å². The number of aliphatic imine (C=N–C) groups is 1. The lowest BCUT2D eigenvalue weighted by Crippen LogP contribution is -2.19. The summed E-state index contributed by atoms with van der Waals surface area (Å²) in [4.78, 5) is 20.3. The maximum Gasteiger partial charge on any atom is 0.273 e. The Bertz CT molecular complexity index is 797. The first kappa shape index (κ1) is 17.1. The molecule has 1 aliphatic rings. The molecule has 1 saturated carbocycles. The van der Waals surface area contributed by atoms with Crippen LogP contribution in [0, 0.1) is 5.82 Å². The van der Waals surface area contributed by atoms with Crippen LogP contribution in [0.2, 0.25) is 0 Å². The summed E-state index contributed by atoms with van der Waals surface area (Å²) in [5.41, 5.74) is 1.52. The average Bonchev–Trinajstić information content (AvgIpc) is 2.65. The van der Waals surface area contributed by atoms with Crippen molar-refractivity contribution in [1.82, 2.24) is 10.3 Å². The van der Waals surface area contributed by atoms with E-state index in [9.17, 15) is 9.18 Å². The van der Waals surface area contributed by atoms with Crippen molar-refractivity contribution in [2.24, 2.45) is 4.99 Å². The van der Waals surface area contributed by atoms with E-state index in [0.717, 1.165) is 31.4 Å². The highest BCUT2D eigenvalue weighted by Crippen LogP contribution is 2.29. The van der Waals surface area contributed by atoms with Gasteiger partial charge in [-0.25, -0.2) is 9.37 Å². The van der Waals surface area contributed by atoms with E-state index in [1.807, 2.05) is 0 Å². The minimum absolute atomic E-state index is 0.150. The van der Waals surface area contributed by atoms with Crippen LogP contribution in [0.15, 0.2) is 41.5 Å². The zero-order chi connectivity index (χ0) is 17.6. The Morgan fingerprint density at radius 3 is 2.76 bits per heavy atom. The second-order valence-electron chi connectivity index (χ2n) is 5.88. The molecule has 0 bridgehead atoms. The summed E-state index contributed by atoms with van der Waals surface area (Å²) < 4.78 is 20.0. The number of nitrogens with zero attached hydrogens (tertiary/aromatic N) is 2. The van der Waals surface area contributed by atoms with Gasteiger partial charge in [0.1, 0.15) is 5.75 Å². The number of nitrogens with one attached hydrogen (secondary N) is 1. The molecule has 5 nitrogen and oxygen atoms in total. The first-order valence-electron chi connectivity index (χ1n) is 8.38. The molecular formula is C19H20FN3O2. The molecule has 0 unspecified atom stereocenters. The van der Waals surface area contributed by atoms with Gasteiger partial charge in [0.2, 0.25) is 0 Å². The summed E-state index contributed by atoms with van der Waals surface area (Å²) in [6, 6.07) is 7.80. The zero-order valence-electron chi connectivity index (χ0n) is 14.1. The summed E-state index contributed by atoms with van der Waals surface area (Å²) in [6.45, 7) is 0. The van der Waals surface area contributed by atoms with Gasteiger partial charge in [-0.1, -0.05) is 6.42 Å². The van der Waals surface area contributed by atoms with Crippen LogP contribution in [0.1, 0.15) is 42.6 Å². The summed E-state index contributed by atoms with van der Waals surface area (Å²) in [5, 5.41) is 2.50. The van der Waals surface area contributed by atoms with E-state index in [2.05, 4.69) is 15.3 Å². The van der Waals surface area contributed by atoms with Crippen molar-refractivity contribution in [3.8, 4) is 11.5 Å². The highest BCUT2D eigenvalue weighted by Gasteiger charge is 2.14. The summed E-state index contributed by atoms with van der Waals surface area (Å²) in [6.07, 6.45) is 6.82. The quantitative estimate of drug-likeness (QED) is 0.896. The van der Waals surface area contributed by atoms with Crippen LogP contribution in [0.4, 0.5) is 10.1 Å². The van der Waals surface area contributed by atoms with Crippen molar-refractivity contribution < 1.29 is 13.9 Å². The lowest BCUT2D eigenvalue weighted by molar-refractivity contribution is 0.0955. The monoisotopic (exact) mass is 341 g/mol. The largest absolute Gasteiger partial charge is 0.455 e. The van der Waals surface area contributed by atoms with E-state index in [-0.39, 0.29) is 17.4 Å². The van der Waals surface area contributed by atoms with Gasteiger partial charge in [-0.05, 0) is 49.9 Å². The zero-order valence-corrected chi connectivity index (χ0v) is 14.1. The number of amides is 1. The van der Waals surface area contributed by atoms with Crippen LogP contribution in [-0.4, -0.2) is 23.7 Å². The summed E-state index contributed by atoms with van der Waals surface area (Å²) in [7, 11) is 1.51. The number of hydrogen-bond acceptors (Lipinski definition) is 4. The first-order chi connectivity index (χ1) is 12.2. The smallest absolute Gasteiger partial charge is 0.273 e. The molecule has 1 N–H and O–H groups in total. The molecule has 6 heteroatoms. The van der Waals surface area contributed by atoms with Crippen LogP contribution >= 0.6 is 0 Å². The third-order valence-corrected chi connectivity index (χ3v) is 4.07. The lowest BCUT2D eigenvalue weighted by atomic mass is 9.98. The van der Waals surface area contributed by atoms with Gasteiger partial charge >= 0.3 is 0 Å². The van der Waals surface area contributed by atoms with Gasteiger partial charge in [-0.15, -0.1) is 0 Å². The number of aromatic nitrogens is 1. The van der Waals surface area contributed by atoms with Gasteiger partial charge in [0, 0.05) is 25.0 Å².